The highest BCUT2D eigenvalue weighted by atomic mass is 35.5. The second-order valence-corrected chi connectivity index (χ2v) is 5.33. The molecule has 0 heterocycles. The molecule has 23 heavy (non-hydrogen) atoms. The molecule has 1 aliphatic carbocycles. The van der Waals surface area contributed by atoms with E-state index in [2.05, 4.69) is 10.1 Å². The number of rotatable bonds is 5. The molecule has 0 atom stereocenters. The van der Waals surface area contributed by atoms with Crippen molar-refractivity contribution in [1.82, 2.24) is 5.32 Å². The van der Waals surface area contributed by atoms with Crippen molar-refractivity contribution in [3.63, 3.8) is 0 Å². The van der Waals surface area contributed by atoms with Crippen molar-refractivity contribution in [1.29, 1.82) is 0 Å². The summed E-state index contributed by atoms with van der Waals surface area (Å²) >= 11 is 0. The first-order valence-electron chi connectivity index (χ1n) is 7.19. The third-order valence-corrected chi connectivity index (χ3v) is 3.75. The fourth-order valence-corrected chi connectivity index (χ4v) is 2.53. The molecule has 0 saturated heterocycles. The van der Waals surface area contributed by atoms with Gasteiger partial charge in [0, 0.05) is 17.6 Å². The number of carbonyl (C=O) groups excluding carboxylic acids is 1. The molecule has 1 saturated carbocycles. The van der Waals surface area contributed by atoms with Crippen LogP contribution in [0, 0.1) is 0 Å². The van der Waals surface area contributed by atoms with E-state index >= 15 is 0 Å². The number of halogens is 3. The number of ether oxygens (including phenoxy) is 2. The van der Waals surface area contributed by atoms with Crippen molar-refractivity contribution in [2.45, 2.75) is 44.4 Å². The van der Waals surface area contributed by atoms with Crippen molar-refractivity contribution in [2.24, 2.45) is 5.73 Å². The number of methoxy groups -OCH3 is 1. The van der Waals surface area contributed by atoms with Gasteiger partial charge in [0.25, 0.3) is 5.91 Å². The third-order valence-electron chi connectivity index (χ3n) is 3.75. The van der Waals surface area contributed by atoms with Gasteiger partial charge in [-0.1, -0.05) is 0 Å². The van der Waals surface area contributed by atoms with Crippen LogP contribution in [0.2, 0.25) is 0 Å². The van der Waals surface area contributed by atoms with Crippen LogP contribution in [0.1, 0.15) is 36.0 Å². The summed E-state index contributed by atoms with van der Waals surface area (Å²) in [6.07, 6.45) is 3.46. The van der Waals surface area contributed by atoms with Gasteiger partial charge in [0.05, 0.1) is 7.11 Å². The Bertz CT molecular complexity index is 523. The Morgan fingerprint density at radius 3 is 2.48 bits per heavy atom. The molecule has 1 amide bonds. The third kappa shape index (κ3) is 5.51. The molecule has 8 heteroatoms. The van der Waals surface area contributed by atoms with E-state index in [4.69, 9.17) is 10.5 Å². The van der Waals surface area contributed by atoms with Gasteiger partial charge in [-0.2, -0.15) is 8.78 Å². The first-order chi connectivity index (χ1) is 10.5. The van der Waals surface area contributed by atoms with E-state index in [9.17, 15) is 13.6 Å². The molecule has 0 unspecified atom stereocenters. The average molecular weight is 351 g/mol. The second-order valence-electron chi connectivity index (χ2n) is 5.33. The molecule has 0 bridgehead atoms. The summed E-state index contributed by atoms with van der Waals surface area (Å²) in [6, 6.07) is 4.43. The minimum Gasteiger partial charge on any atom is -0.493 e. The maximum Gasteiger partial charge on any atom is 0.387 e. The predicted molar refractivity (Wildman–Crippen MR) is 84.6 cm³/mol. The molecular formula is C15H21ClF2N2O3. The van der Waals surface area contributed by atoms with Gasteiger partial charge in [-0.15, -0.1) is 12.4 Å². The Morgan fingerprint density at radius 2 is 1.91 bits per heavy atom. The minimum atomic E-state index is -2.94. The van der Waals surface area contributed by atoms with Crippen LogP contribution in [0.15, 0.2) is 18.2 Å². The smallest absolute Gasteiger partial charge is 0.387 e. The number of hydrogen-bond donors (Lipinski definition) is 2. The van der Waals surface area contributed by atoms with Gasteiger partial charge in [0.15, 0.2) is 11.5 Å². The van der Waals surface area contributed by atoms with Gasteiger partial charge in [0.1, 0.15) is 0 Å². The van der Waals surface area contributed by atoms with Crippen LogP contribution in [0.3, 0.4) is 0 Å². The molecule has 0 radical (unpaired) electrons. The van der Waals surface area contributed by atoms with E-state index in [1.54, 1.807) is 0 Å². The zero-order valence-corrected chi connectivity index (χ0v) is 13.6. The van der Waals surface area contributed by atoms with Crippen molar-refractivity contribution >= 4 is 18.3 Å². The molecule has 1 fully saturated rings. The fraction of sp³-hybridized carbons (Fsp3) is 0.533. The highest BCUT2D eigenvalue weighted by Crippen LogP contribution is 2.29. The lowest BCUT2D eigenvalue weighted by Gasteiger charge is -2.26. The molecule has 130 valence electrons. The first-order valence-corrected chi connectivity index (χ1v) is 7.19. The number of nitrogens with two attached hydrogens (primary N) is 1. The quantitative estimate of drug-likeness (QED) is 0.856. The van der Waals surface area contributed by atoms with Crippen LogP contribution >= 0.6 is 12.4 Å². The zero-order chi connectivity index (χ0) is 16.1. The lowest BCUT2D eigenvalue weighted by atomic mass is 9.91. The summed E-state index contributed by atoms with van der Waals surface area (Å²) in [5, 5.41) is 2.93. The van der Waals surface area contributed by atoms with Crippen molar-refractivity contribution < 1.29 is 23.0 Å². The molecule has 0 spiro atoms. The van der Waals surface area contributed by atoms with Gasteiger partial charge in [0.2, 0.25) is 0 Å². The average Bonchev–Trinajstić information content (AvgIpc) is 2.49. The zero-order valence-electron chi connectivity index (χ0n) is 12.8. The number of carbonyl (C=O) groups is 1. The molecule has 5 nitrogen and oxygen atoms in total. The largest absolute Gasteiger partial charge is 0.493 e. The van der Waals surface area contributed by atoms with Crippen LogP contribution in [0.25, 0.3) is 0 Å². The summed E-state index contributed by atoms with van der Waals surface area (Å²) in [4.78, 5) is 12.2. The highest BCUT2D eigenvalue weighted by molar-refractivity contribution is 5.95. The Balaban J connectivity index is 0.00000264. The second kappa shape index (κ2) is 8.88. The molecule has 0 aromatic heterocycles. The summed E-state index contributed by atoms with van der Waals surface area (Å²) < 4.78 is 33.9. The standard InChI is InChI=1S/C15H20F2N2O3.ClH/c1-21-13-8-9(2-7-12(13)22-15(16)17)14(20)19-11-5-3-10(18)4-6-11;/h2,7-8,10-11,15H,3-6,18H2,1H3,(H,19,20);1H. The molecular weight excluding hydrogens is 330 g/mol. The lowest BCUT2D eigenvalue weighted by Crippen LogP contribution is -2.40. The van der Waals surface area contributed by atoms with Crippen LogP contribution < -0.4 is 20.5 Å². The Hall–Kier alpha value is -1.60. The van der Waals surface area contributed by atoms with Gasteiger partial charge in [-0.3, -0.25) is 4.79 Å². The van der Waals surface area contributed by atoms with E-state index < -0.39 is 6.61 Å². The lowest BCUT2D eigenvalue weighted by molar-refractivity contribution is -0.0512. The monoisotopic (exact) mass is 350 g/mol. The maximum atomic E-state index is 12.3. The molecule has 1 aromatic rings. The highest BCUT2D eigenvalue weighted by Gasteiger charge is 2.21. The van der Waals surface area contributed by atoms with Crippen LogP contribution in [-0.4, -0.2) is 31.7 Å². The van der Waals surface area contributed by atoms with Crippen LogP contribution in [0.4, 0.5) is 8.78 Å². The molecule has 0 aliphatic heterocycles. The summed E-state index contributed by atoms with van der Waals surface area (Å²) in [5.41, 5.74) is 6.17. The normalized spacial score (nSPS) is 20.6. The molecule has 3 N–H and O–H groups in total. The molecule has 2 rings (SSSR count). The van der Waals surface area contributed by atoms with Crippen molar-refractivity contribution in [3.8, 4) is 11.5 Å². The topological polar surface area (TPSA) is 73.6 Å². The maximum absolute atomic E-state index is 12.3. The Kier molecular flexibility index (Phi) is 7.51. The van der Waals surface area contributed by atoms with E-state index in [-0.39, 0.29) is 41.9 Å². The number of hydrogen-bond acceptors (Lipinski definition) is 4. The molecule has 1 aromatic carbocycles. The summed E-state index contributed by atoms with van der Waals surface area (Å²) in [5.74, 6) is -0.265. The SMILES string of the molecule is COc1cc(C(=O)NC2CCC(N)CC2)ccc1OC(F)F.Cl. The van der Waals surface area contributed by atoms with Gasteiger partial charge in [-0.05, 0) is 43.9 Å². The number of alkyl halides is 2. The van der Waals surface area contributed by atoms with E-state index in [1.165, 1.54) is 25.3 Å². The summed E-state index contributed by atoms with van der Waals surface area (Å²) in [7, 11) is 1.33. The van der Waals surface area contributed by atoms with E-state index in [0.717, 1.165) is 25.7 Å². The van der Waals surface area contributed by atoms with Gasteiger partial charge in [-0.25, -0.2) is 0 Å². The summed E-state index contributed by atoms with van der Waals surface area (Å²) in [6.45, 7) is -2.94. The van der Waals surface area contributed by atoms with Crippen molar-refractivity contribution in [2.75, 3.05) is 7.11 Å². The van der Waals surface area contributed by atoms with Crippen LogP contribution in [0.5, 0.6) is 11.5 Å². The number of nitrogens with one attached hydrogen (secondary N) is 1. The van der Waals surface area contributed by atoms with E-state index in [1.807, 2.05) is 0 Å². The van der Waals surface area contributed by atoms with E-state index in [0.29, 0.717) is 5.56 Å². The van der Waals surface area contributed by atoms with Gasteiger partial charge >= 0.3 is 6.61 Å². The van der Waals surface area contributed by atoms with Gasteiger partial charge < -0.3 is 20.5 Å². The predicted octanol–water partition coefficient (Wildman–Crippen LogP) is 2.72. The number of benzene rings is 1. The minimum absolute atomic E-state index is 0. The number of amides is 1. The van der Waals surface area contributed by atoms with Crippen molar-refractivity contribution in [3.05, 3.63) is 23.8 Å². The first kappa shape index (κ1) is 19.4. The molecule has 1 aliphatic rings. The Morgan fingerprint density at radius 1 is 1.26 bits per heavy atom. The van der Waals surface area contributed by atoms with Crippen LogP contribution in [-0.2, 0) is 0 Å². The Labute approximate surface area is 139 Å². The fourth-order valence-electron chi connectivity index (χ4n) is 2.53.